The van der Waals surface area contributed by atoms with Crippen molar-refractivity contribution in [3.8, 4) is 5.75 Å². The molecule has 1 amide bonds. The summed E-state index contributed by atoms with van der Waals surface area (Å²) < 4.78 is 12.7. The predicted octanol–water partition coefficient (Wildman–Crippen LogP) is 0.763. The van der Waals surface area contributed by atoms with E-state index in [4.69, 9.17) is 0 Å². The Morgan fingerprint density at radius 2 is 2.25 bits per heavy atom. The summed E-state index contributed by atoms with van der Waals surface area (Å²) >= 11 is 0. The summed E-state index contributed by atoms with van der Waals surface area (Å²) in [7, 11) is 1.73. The number of carbonyl (C=O) groups is 1. The Morgan fingerprint density at radius 3 is 2.81 bits per heavy atom. The van der Waals surface area contributed by atoms with Crippen molar-refractivity contribution in [1.29, 1.82) is 0 Å². The molecule has 0 bridgehead atoms. The molecule has 0 saturated carbocycles. The van der Waals surface area contributed by atoms with Crippen LogP contribution in [0.5, 0.6) is 5.75 Å². The van der Waals surface area contributed by atoms with Crippen molar-refractivity contribution >= 4 is 5.91 Å². The summed E-state index contributed by atoms with van der Waals surface area (Å²) in [6, 6.07) is 3.92. The Hall–Kier alpha value is -1.62. The molecule has 0 spiro atoms. The van der Waals surface area contributed by atoms with E-state index in [2.05, 4.69) is 0 Å². The van der Waals surface area contributed by atoms with Crippen molar-refractivity contribution in [2.24, 2.45) is 0 Å². The van der Waals surface area contributed by atoms with E-state index in [0.29, 0.717) is 25.3 Å². The predicted molar refractivity (Wildman–Crippen MR) is 56.1 cm³/mol. The Labute approximate surface area is 92.9 Å². The van der Waals surface area contributed by atoms with Crippen molar-refractivity contribution < 1.29 is 14.3 Å². The first-order chi connectivity index (χ1) is 7.56. The molecule has 1 aliphatic rings. The van der Waals surface area contributed by atoms with Gasteiger partial charge in [-0.25, -0.2) is 4.39 Å². The first-order valence-electron chi connectivity index (χ1n) is 5.00. The Kier molecular flexibility index (Phi) is 2.78. The standard InChI is InChI=1S/C11H13FN2O2/c1-13-7-14(6-11(13)16)5-8-2-3-9(12)4-10(8)15/h2-4,15H,5-7H2,1H3. The summed E-state index contributed by atoms with van der Waals surface area (Å²) in [6.45, 7) is 1.32. The van der Waals surface area contributed by atoms with E-state index in [1.807, 2.05) is 4.90 Å². The molecule has 0 aromatic heterocycles. The number of rotatable bonds is 2. The summed E-state index contributed by atoms with van der Waals surface area (Å²) in [5.41, 5.74) is 0.629. The van der Waals surface area contributed by atoms with Crippen molar-refractivity contribution in [3.63, 3.8) is 0 Å². The van der Waals surface area contributed by atoms with E-state index in [1.54, 1.807) is 11.9 Å². The molecule has 1 aliphatic heterocycles. The number of nitrogens with zero attached hydrogens (tertiary/aromatic N) is 2. The maximum Gasteiger partial charge on any atom is 0.237 e. The van der Waals surface area contributed by atoms with Crippen LogP contribution >= 0.6 is 0 Å². The van der Waals surface area contributed by atoms with Gasteiger partial charge in [-0.1, -0.05) is 6.07 Å². The molecule has 0 atom stereocenters. The van der Waals surface area contributed by atoms with Gasteiger partial charge in [-0.3, -0.25) is 9.69 Å². The zero-order chi connectivity index (χ0) is 11.7. The fraction of sp³-hybridized carbons (Fsp3) is 0.364. The van der Waals surface area contributed by atoms with Gasteiger partial charge in [0.1, 0.15) is 11.6 Å². The third kappa shape index (κ3) is 2.14. The van der Waals surface area contributed by atoms with E-state index in [0.717, 1.165) is 6.07 Å². The average Bonchev–Trinajstić information content (AvgIpc) is 2.51. The lowest BCUT2D eigenvalue weighted by Gasteiger charge is -2.15. The monoisotopic (exact) mass is 224 g/mol. The topological polar surface area (TPSA) is 43.8 Å². The lowest BCUT2D eigenvalue weighted by molar-refractivity contribution is -0.125. The van der Waals surface area contributed by atoms with E-state index in [-0.39, 0.29) is 11.7 Å². The number of amides is 1. The van der Waals surface area contributed by atoms with Crippen LogP contribution < -0.4 is 0 Å². The van der Waals surface area contributed by atoms with E-state index in [1.165, 1.54) is 12.1 Å². The van der Waals surface area contributed by atoms with E-state index in [9.17, 15) is 14.3 Å². The number of halogens is 1. The molecule has 1 aromatic rings. The molecule has 0 unspecified atom stereocenters. The number of likely N-dealkylation sites (N-methyl/N-ethyl adjacent to an activating group) is 1. The molecular weight excluding hydrogens is 211 g/mol. The number of benzene rings is 1. The third-order valence-corrected chi connectivity index (χ3v) is 2.64. The smallest absolute Gasteiger partial charge is 0.237 e. The molecule has 1 aromatic carbocycles. The van der Waals surface area contributed by atoms with Crippen molar-refractivity contribution in [1.82, 2.24) is 9.80 Å². The maximum atomic E-state index is 12.7. The lowest BCUT2D eigenvalue weighted by Crippen LogP contribution is -2.22. The SMILES string of the molecule is CN1CN(Cc2ccc(F)cc2O)CC1=O. The van der Waals surface area contributed by atoms with Gasteiger partial charge in [0.15, 0.2) is 0 Å². The lowest BCUT2D eigenvalue weighted by atomic mass is 10.2. The molecule has 1 fully saturated rings. The number of phenols is 1. The highest BCUT2D eigenvalue weighted by Gasteiger charge is 2.24. The summed E-state index contributed by atoms with van der Waals surface area (Å²) in [5, 5.41) is 9.52. The zero-order valence-corrected chi connectivity index (χ0v) is 8.98. The van der Waals surface area contributed by atoms with Crippen LogP contribution in [0.3, 0.4) is 0 Å². The third-order valence-electron chi connectivity index (χ3n) is 2.64. The van der Waals surface area contributed by atoms with Crippen LogP contribution in [0.4, 0.5) is 4.39 Å². The number of aromatic hydroxyl groups is 1. The van der Waals surface area contributed by atoms with Gasteiger partial charge < -0.3 is 10.0 Å². The number of hydrogen-bond donors (Lipinski definition) is 1. The van der Waals surface area contributed by atoms with Gasteiger partial charge in [0.2, 0.25) is 5.91 Å². The number of carbonyl (C=O) groups excluding carboxylic acids is 1. The highest BCUT2D eigenvalue weighted by Crippen LogP contribution is 2.21. The van der Waals surface area contributed by atoms with Crippen molar-refractivity contribution in [3.05, 3.63) is 29.6 Å². The fourth-order valence-electron chi connectivity index (χ4n) is 1.76. The fourth-order valence-corrected chi connectivity index (χ4v) is 1.76. The molecule has 1 saturated heterocycles. The molecular formula is C11H13FN2O2. The number of hydrogen-bond acceptors (Lipinski definition) is 3. The Bertz CT molecular complexity index is 422. The minimum Gasteiger partial charge on any atom is -0.508 e. The molecule has 0 aliphatic carbocycles. The second-order valence-electron chi connectivity index (χ2n) is 3.99. The molecule has 16 heavy (non-hydrogen) atoms. The van der Waals surface area contributed by atoms with E-state index < -0.39 is 5.82 Å². The molecule has 1 N–H and O–H groups in total. The molecule has 0 radical (unpaired) electrons. The first kappa shape index (κ1) is 10.9. The van der Waals surface area contributed by atoms with Crippen LogP contribution in [0.1, 0.15) is 5.56 Å². The Morgan fingerprint density at radius 1 is 1.50 bits per heavy atom. The summed E-state index contributed by atoms with van der Waals surface area (Å²) in [4.78, 5) is 14.8. The van der Waals surface area contributed by atoms with Gasteiger partial charge in [-0.15, -0.1) is 0 Å². The Balaban J connectivity index is 2.07. The molecule has 1 heterocycles. The largest absolute Gasteiger partial charge is 0.508 e. The van der Waals surface area contributed by atoms with E-state index >= 15 is 0 Å². The first-order valence-corrected chi connectivity index (χ1v) is 5.00. The van der Waals surface area contributed by atoms with Crippen LogP contribution in [-0.2, 0) is 11.3 Å². The molecule has 2 rings (SSSR count). The summed E-state index contributed by atoms with van der Waals surface area (Å²) in [5.74, 6) is -0.473. The van der Waals surface area contributed by atoms with Gasteiger partial charge >= 0.3 is 0 Å². The summed E-state index contributed by atoms with van der Waals surface area (Å²) in [6.07, 6.45) is 0. The van der Waals surface area contributed by atoms with Gasteiger partial charge in [-0.2, -0.15) is 0 Å². The highest BCUT2D eigenvalue weighted by molar-refractivity contribution is 5.79. The second-order valence-corrected chi connectivity index (χ2v) is 3.99. The minimum absolute atomic E-state index is 0.0570. The highest BCUT2D eigenvalue weighted by atomic mass is 19.1. The van der Waals surface area contributed by atoms with Crippen LogP contribution in [0.15, 0.2) is 18.2 Å². The quantitative estimate of drug-likeness (QED) is 0.806. The van der Waals surface area contributed by atoms with Crippen LogP contribution in [0, 0.1) is 5.82 Å². The molecule has 4 nitrogen and oxygen atoms in total. The van der Waals surface area contributed by atoms with Gasteiger partial charge in [0.05, 0.1) is 13.2 Å². The van der Waals surface area contributed by atoms with Gasteiger partial charge in [-0.05, 0) is 6.07 Å². The van der Waals surface area contributed by atoms with Crippen molar-refractivity contribution in [2.45, 2.75) is 6.54 Å². The minimum atomic E-state index is -0.462. The normalized spacial score (nSPS) is 17.1. The van der Waals surface area contributed by atoms with Crippen LogP contribution in [0.2, 0.25) is 0 Å². The average molecular weight is 224 g/mol. The maximum absolute atomic E-state index is 12.7. The van der Waals surface area contributed by atoms with Crippen LogP contribution in [-0.4, -0.2) is 41.1 Å². The van der Waals surface area contributed by atoms with Crippen LogP contribution in [0.25, 0.3) is 0 Å². The second kappa shape index (κ2) is 4.09. The number of phenolic OH excluding ortho intramolecular Hbond substituents is 1. The van der Waals surface area contributed by atoms with Gasteiger partial charge in [0.25, 0.3) is 0 Å². The zero-order valence-electron chi connectivity index (χ0n) is 8.98. The molecule has 86 valence electrons. The van der Waals surface area contributed by atoms with Gasteiger partial charge in [0, 0.05) is 25.2 Å². The van der Waals surface area contributed by atoms with Crippen molar-refractivity contribution in [2.75, 3.05) is 20.3 Å². The molecule has 5 heteroatoms.